The van der Waals surface area contributed by atoms with Crippen LogP contribution in [0.5, 0.6) is 0 Å². The number of nitrogens with one attached hydrogen (secondary N) is 1. The summed E-state index contributed by atoms with van der Waals surface area (Å²) in [6, 6.07) is -0.421. The van der Waals surface area contributed by atoms with Crippen molar-refractivity contribution in [2.75, 3.05) is 0 Å². The van der Waals surface area contributed by atoms with Gasteiger partial charge in [-0.05, 0) is 33.6 Å². The third-order valence-electron chi connectivity index (χ3n) is 2.52. The van der Waals surface area contributed by atoms with Gasteiger partial charge in [-0.25, -0.2) is 4.79 Å². The molecule has 0 aromatic carbocycles. The van der Waals surface area contributed by atoms with Gasteiger partial charge in [0.15, 0.2) is 0 Å². The second kappa shape index (κ2) is 4.77. The average Bonchev–Trinajstić information content (AvgIpc) is 2.42. The predicted molar refractivity (Wildman–Crippen MR) is 62.7 cm³/mol. The van der Waals surface area contributed by atoms with Crippen molar-refractivity contribution in [3.05, 3.63) is 12.2 Å². The molecule has 5 nitrogen and oxygen atoms in total. The molecule has 0 aromatic rings. The lowest BCUT2D eigenvalue weighted by molar-refractivity contribution is -0.142. The fourth-order valence-electron chi connectivity index (χ4n) is 1.86. The number of rotatable bonds is 2. The zero-order valence-electron chi connectivity index (χ0n) is 10.4. The molecule has 0 aliphatic heterocycles. The molecule has 17 heavy (non-hydrogen) atoms. The van der Waals surface area contributed by atoms with Gasteiger partial charge in [-0.3, -0.25) is 4.79 Å². The fraction of sp³-hybridized carbons (Fsp3) is 0.667. The van der Waals surface area contributed by atoms with Gasteiger partial charge in [0.1, 0.15) is 5.60 Å². The van der Waals surface area contributed by atoms with Crippen molar-refractivity contribution in [2.45, 2.75) is 45.3 Å². The summed E-state index contributed by atoms with van der Waals surface area (Å²) in [7, 11) is 0. The van der Waals surface area contributed by atoms with Crippen molar-refractivity contribution in [2.24, 2.45) is 5.92 Å². The van der Waals surface area contributed by atoms with E-state index in [-0.39, 0.29) is 0 Å². The summed E-state index contributed by atoms with van der Waals surface area (Å²) in [5.41, 5.74) is 0.261. The van der Waals surface area contributed by atoms with E-state index in [9.17, 15) is 9.59 Å². The Kier molecular flexibility index (Phi) is 3.80. The Bertz CT molecular complexity index is 343. The van der Waals surface area contributed by atoms with Gasteiger partial charge in [0, 0.05) is 6.04 Å². The number of carboxylic acid groups (broad SMARTS) is 1. The maximum atomic E-state index is 11.5. The molecule has 96 valence electrons. The molecule has 1 rings (SSSR count). The van der Waals surface area contributed by atoms with Crippen LogP contribution < -0.4 is 5.32 Å². The second-order valence-corrected chi connectivity index (χ2v) is 5.36. The molecule has 0 spiro atoms. The highest BCUT2D eigenvalue weighted by Gasteiger charge is 2.36. The lowest BCUT2D eigenvalue weighted by Crippen LogP contribution is -2.42. The van der Waals surface area contributed by atoms with Crippen molar-refractivity contribution in [1.29, 1.82) is 0 Å². The van der Waals surface area contributed by atoms with E-state index in [1.165, 1.54) is 0 Å². The molecule has 2 atom stereocenters. The van der Waals surface area contributed by atoms with Crippen molar-refractivity contribution >= 4 is 12.1 Å². The number of amides is 1. The summed E-state index contributed by atoms with van der Waals surface area (Å²) in [6.45, 7) is 9.04. The summed E-state index contributed by atoms with van der Waals surface area (Å²) in [5, 5.41) is 11.6. The molecular formula is C12H19NO4. The highest BCUT2D eigenvalue weighted by Crippen LogP contribution is 2.29. The minimum atomic E-state index is -0.912. The minimum absolute atomic E-state index is 0.412. The topological polar surface area (TPSA) is 75.6 Å². The van der Waals surface area contributed by atoms with Crippen LogP contribution in [0.25, 0.3) is 0 Å². The van der Waals surface area contributed by atoms with E-state index in [2.05, 4.69) is 11.9 Å². The van der Waals surface area contributed by atoms with Crippen LogP contribution in [-0.4, -0.2) is 28.8 Å². The molecule has 1 amide bonds. The van der Waals surface area contributed by atoms with Crippen molar-refractivity contribution in [3.8, 4) is 0 Å². The third-order valence-corrected chi connectivity index (χ3v) is 2.52. The van der Waals surface area contributed by atoms with Crippen molar-refractivity contribution in [1.82, 2.24) is 5.32 Å². The van der Waals surface area contributed by atoms with E-state index in [1.54, 1.807) is 20.8 Å². The number of ether oxygens (including phenoxy) is 1. The Labute approximate surface area is 101 Å². The molecule has 1 fully saturated rings. The molecule has 0 bridgehead atoms. The van der Waals surface area contributed by atoms with Gasteiger partial charge < -0.3 is 15.2 Å². The highest BCUT2D eigenvalue weighted by molar-refractivity contribution is 5.75. The molecule has 1 saturated carbocycles. The second-order valence-electron chi connectivity index (χ2n) is 5.36. The first kappa shape index (κ1) is 13.5. The standard InChI is InChI=1S/C12H19NO4/c1-7-5-8(10(14)15)9(6-7)13-11(16)17-12(2,3)4/h8-9H,1,5-6H2,2-4H3,(H,13,16)(H,14,15). The lowest BCUT2D eigenvalue weighted by atomic mass is 10.0. The number of alkyl carbamates (subject to hydrolysis) is 1. The van der Waals surface area contributed by atoms with Crippen molar-refractivity contribution in [3.63, 3.8) is 0 Å². The average molecular weight is 241 g/mol. The van der Waals surface area contributed by atoms with Crippen LogP contribution in [0.1, 0.15) is 33.6 Å². The lowest BCUT2D eigenvalue weighted by Gasteiger charge is -2.23. The number of carboxylic acids is 1. The molecule has 5 heteroatoms. The SMILES string of the molecule is C=C1CC(NC(=O)OC(C)(C)C)C(C(=O)O)C1. The van der Waals surface area contributed by atoms with Crippen LogP contribution in [0, 0.1) is 5.92 Å². The number of hydrogen-bond acceptors (Lipinski definition) is 3. The fourth-order valence-corrected chi connectivity index (χ4v) is 1.86. The van der Waals surface area contributed by atoms with Crippen LogP contribution in [0.3, 0.4) is 0 Å². The van der Waals surface area contributed by atoms with E-state index in [4.69, 9.17) is 9.84 Å². The van der Waals surface area contributed by atoms with Gasteiger partial charge in [-0.2, -0.15) is 0 Å². The van der Waals surface area contributed by atoms with Gasteiger partial charge in [-0.15, -0.1) is 0 Å². The van der Waals surface area contributed by atoms with E-state index < -0.39 is 29.6 Å². The molecule has 0 radical (unpaired) electrons. The van der Waals surface area contributed by atoms with Gasteiger partial charge in [0.25, 0.3) is 0 Å². The summed E-state index contributed by atoms with van der Waals surface area (Å²) < 4.78 is 5.09. The number of hydrogen-bond donors (Lipinski definition) is 2. The van der Waals surface area contributed by atoms with E-state index in [1.807, 2.05) is 0 Å². The third kappa shape index (κ3) is 4.09. The van der Waals surface area contributed by atoms with Gasteiger partial charge in [-0.1, -0.05) is 12.2 Å². The Morgan fingerprint density at radius 2 is 2.00 bits per heavy atom. The largest absolute Gasteiger partial charge is 0.481 e. The summed E-state index contributed by atoms with van der Waals surface area (Å²) >= 11 is 0. The van der Waals surface area contributed by atoms with Crippen LogP contribution in [0.2, 0.25) is 0 Å². The van der Waals surface area contributed by atoms with Crippen LogP contribution in [-0.2, 0) is 9.53 Å². The van der Waals surface area contributed by atoms with Crippen molar-refractivity contribution < 1.29 is 19.4 Å². The molecular weight excluding hydrogens is 222 g/mol. The molecule has 1 aliphatic carbocycles. The predicted octanol–water partition coefficient (Wildman–Crippen LogP) is 1.93. The molecule has 0 aromatic heterocycles. The Morgan fingerprint density at radius 3 is 2.47 bits per heavy atom. The molecule has 2 unspecified atom stereocenters. The van der Waals surface area contributed by atoms with Gasteiger partial charge in [0.05, 0.1) is 5.92 Å². The molecule has 0 saturated heterocycles. The van der Waals surface area contributed by atoms with E-state index in [0.29, 0.717) is 12.8 Å². The summed E-state index contributed by atoms with van der Waals surface area (Å²) in [6.07, 6.45) is 0.329. The smallest absolute Gasteiger partial charge is 0.407 e. The molecule has 0 heterocycles. The Morgan fingerprint density at radius 1 is 1.41 bits per heavy atom. The molecule has 2 N–H and O–H groups in total. The van der Waals surface area contributed by atoms with Crippen LogP contribution in [0.4, 0.5) is 4.79 Å². The number of carbonyl (C=O) groups is 2. The summed E-state index contributed by atoms with van der Waals surface area (Å²) in [5.74, 6) is -1.51. The maximum absolute atomic E-state index is 11.5. The quantitative estimate of drug-likeness (QED) is 0.724. The van der Waals surface area contributed by atoms with Crippen LogP contribution >= 0.6 is 0 Å². The number of aliphatic carboxylic acids is 1. The Hall–Kier alpha value is -1.52. The normalized spacial score (nSPS) is 24.5. The summed E-state index contributed by atoms with van der Waals surface area (Å²) in [4.78, 5) is 22.5. The van der Waals surface area contributed by atoms with Crippen LogP contribution in [0.15, 0.2) is 12.2 Å². The zero-order chi connectivity index (χ0) is 13.2. The Balaban J connectivity index is 2.58. The van der Waals surface area contributed by atoms with Gasteiger partial charge >= 0.3 is 12.1 Å². The first-order chi connectivity index (χ1) is 7.69. The first-order valence-corrected chi connectivity index (χ1v) is 5.58. The monoisotopic (exact) mass is 241 g/mol. The number of carbonyl (C=O) groups excluding carboxylic acids is 1. The first-order valence-electron chi connectivity index (χ1n) is 5.58. The molecule has 1 aliphatic rings. The minimum Gasteiger partial charge on any atom is -0.481 e. The van der Waals surface area contributed by atoms with E-state index >= 15 is 0 Å². The highest BCUT2D eigenvalue weighted by atomic mass is 16.6. The van der Waals surface area contributed by atoms with Gasteiger partial charge in [0.2, 0.25) is 0 Å². The van der Waals surface area contributed by atoms with E-state index in [0.717, 1.165) is 5.57 Å². The maximum Gasteiger partial charge on any atom is 0.407 e. The zero-order valence-corrected chi connectivity index (χ0v) is 10.4.